The Kier molecular flexibility index (Phi) is 3.55. The van der Waals surface area contributed by atoms with Gasteiger partial charge in [0.05, 0.1) is 16.6 Å². The van der Waals surface area contributed by atoms with E-state index in [1.54, 1.807) is 0 Å². The van der Waals surface area contributed by atoms with Crippen LogP contribution in [-0.4, -0.2) is 11.7 Å². The number of aromatic nitrogens is 1. The van der Waals surface area contributed by atoms with Gasteiger partial charge in [-0.1, -0.05) is 73.0 Å². The maximum Gasteiger partial charge on any atom is 0.149 e. The van der Waals surface area contributed by atoms with Gasteiger partial charge in [0.15, 0.2) is 0 Å². The molecular weight excluding hydrogens is 413 g/mol. The van der Waals surface area contributed by atoms with Crippen LogP contribution in [0.25, 0.3) is 55.3 Å². The summed E-state index contributed by atoms with van der Waals surface area (Å²) in [5.41, 5.74) is 9.95. The molecule has 4 aromatic carbocycles. The van der Waals surface area contributed by atoms with Gasteiger partial charge in [-0.15, -0.1) is 0 Å². The number of rotatable bonds is 2. The fourth-order valence-corrected chi connectivity index (χ4v) is 6.28. The van der Waals surface area contributed by atoms with Crippen molar-refractivity contribution in [2.24, 2.45) is 0 Å². The summed E-state index contributed by atoms with van der Waals surface area (Å²) in [6.45, 7) is 2.10. The second-order valence-corrected chi connectivity index (χ2v) is 9.45. The third kappa shape index (κ3) is 2.27. The number of hydrogen-bond acceptors (Lipinski definition) is 1. The van der Waals surface area contributed by atoms with Crippen LogP contribution in [0, 0.1) is 0 Å². The highest BCUT2D eigenvalue weighted by Crippen LogP contribution is 2.38. The first-order valence-electron chi connectivity index (χ1n) is 12.0. The van der Waals surface area contributed by atoms with Gasteiger partial charge in [-0.25, -0.2) is 0 Å². The summed E-state index contributed by atoms with van der Waals surface area (Å²) < 4.78 is 8.67. The van der Waals surface area contributed by atoms with Gasteiger partial charge in [0.2, 0.25) is 0 Å². The average molecular weight is 434 g/mol. The first-order valence-corrected chi connectivity index (χ1v) is 12.0. The van der Waals surface area contributed by atoms with Crippen molar-refractivity contribution >= 4 is 68.1 Å². The molecule has 0 saturated carbocycles. The van der Waals surface area contributed by atoms with Crippen LogP contribution in [0.4, 0.5) is 0 Å². The van der Waals surface area contributed by atoms with E-state index >= 15 is 0 Å². The van der Waals surface area contributed by atoms with E-state index in [1.807, 2.05) is 0 Å². The van der Waals surface area contributed by atoms with E-state index in [9.17, 15) is 0 Å². The Morgan fingerprint density at radius 3 is 2.44 bits per heavy atom. The number of para-hydroxylation sites is 2. The Labute approximate surface area is 197 Å². The van der Waals surface area contributed by atoms with Crippen LogP contribution in [0.2, 0.25) is 6.82 Å². The van der Waals surface area contributed by atoms with E-state index in [-0.39, 0.29) is 0 Å². The largest absolute Gasteiger partial charge is 0.456 e. The molecule has 1 radical (unpaired) electrons. The Morgan fingerprint density at radius 2 is 1.59 bits per heavy atom. The van der Waals surface area contributed by atoms with Gasteiger partial charge in [0.25, 0.3) is 0 Å². The van der Waals surface area contributed by atoms with E-state index in [0.717, 1.165) is 17.6 Å². The molecule has 1 aliphatic carbocycles. The topological polar surface area (TPSA) is 17.6 Å². The average Bonchev–Trinajstić information content (AvgIpc) is 3.54. The van der Waals surface area contributed by atoms with Crippen molar-refractivity contribution in [2.45, 2.75) is 19.2 Å². The van der Waals surface area contributed by atoms with Crippen LogP contribution < -0.4 is 10.7 Å². The number of benzene rings is 4. The van der Waals surface area contributed by atoms with Crippen LogP contribution in [0.15, 0.2) is 89.3 Å². The van der Waals surface area contributed by atoms with Crippen molar-refractivity contribution in [3.8, 4) is 0 Å². The fraction of sp³-hybridized carbons (Fsp3) is 0.0968. The van der Waals surface area contributed by atoms with Crippen LogP contribution >= 0.6 is 0 Å². The van der Waals surface area contributed by atoms with E-state index in [0.29, 0.717) is 5.92 Å². The van der Waals surface area contributed by atoms with Gasteiger partial charge in [-0.3, -0.25) is 0 Å². The number of nitrogens with zero attached hydrogens (tertiary/aromatic N) is 1. The van der Waals surface area contributed by atoms with E-state index < -0.39 is 0 Å². The van der Waals surface area contributed by atoms with Gasteiger partial charge >= 0.3 is 0 Å². The quantitative estimate of drug-likeness (QED) is 0.290. The minimum absolute atomic E-state index is 0.319. The molecule has 0 N–H and O–H groups in total. The molecule has 1 atom stereocenters. The standard InChI is InChI=1S/C31H21BNO/c1-32-25-9-6-12-29-30(25)24-15-18(13-14-28(24)34-29)19-16-22-20-7-2-4-10-26(20)33-27-11-5-3-8-21(27)23(17-19)31(22)33/h2-16,19H,17H2,1H3. The number of fused-ring (bicyclic) bond motifs is 9. The van der Waals surface area contributed by atoms with Crippen molar-refractivity contribution in [1.82, 2.24) is 4.40 Å². The zero-order valence-electron chi connectivity index (χ0n) is 18.9. The summed E-state index contributed by atoms with van der Waals surface area (Å²) in [6.07, 6.45) is 3.51. The molecule has 34 heavy (non-hydrogen) atoms. The Morgan fingerprint density at radius 1 is 0.794 bits per heavy atom. The normalized spacial score (nSPS) is 15.6. The van der Waals surface area contributed by atoms with Gasteiger partial charge in [-0.2, -0.15) is 0 Å². The first-order chi connectivity index (χ1) is 16.8. The summed E-state index contributed by atoms with van der Waals surface area (Å²) >= 11 is 0. The molecule has 1 unspecified atom stereocenters. The lowest BCUT2D eigenvalue weighted by molar-refractivity contribution is 0.669. The van der Waals surface area contributed by atoms with Gasteiger partial charge in [0, 0.05) is 32.7 Å². The van der Waals surface area contributed by atoms with Crippen molar-refractivity contribution in [1.29, 1.82) is 0 Å². The minimum Gasteiger partial charge on any atom is -0.456 e. The third-order valence-corrected chi connectivity index (χ3v) is 7.75. The zero-order valence-corrected chi connectivity index (χ0v) is 18.9. The Balaban J connectivity index is 1.43. The summed E-state index contributed by atoms with van der Waals surface area (Å²) in [7, 11) is 2.17. The fourth-order valence-electron chi connectivity index (χ4n) is 6.28. The van der Waals surface area contributed by atoms with E-state index in [2.05, 4.69) is 110 Å². The lowest BCUT2D eigenvalue weighted by Crippen LogP contribution is -2.13. The first kappa shape index (κ1) is 18.5. The molecule has 0 amide bonds. The zero-order chi connectivity index (χ0) is 22.4. The molecule has 3 aromatic heterocycles. The summed E-state index contributed by atoms with van der Waals surface area (Å²) in [6, 6.07) is 30.8. The maximum atomic E-state index is 6.20. The molecule has 1 aliphatic rings. The van der Waals surface area contributed by atoms with Gasteiger partial charge in [0.1, 0.15) is 18.4 Å². The molecule has 0 saturated heterocycles. The van der Waals surface area contributed by atoms with Gasteiger partial charge in [-0.05, 0) is 47.9 Å². The Bertz CT molecular complexity index is 1990. The smallest absolute Gasteiger partial charge is 0.149 e. The number of furan rings is 1. The molecule has 7 aromatic rings. The highest BCUT2D eigenvalue weighted by Gasteiger charge is 2.25. The van der Waals surface area contributed by atoms with Crippen molar-refractivity contribution in [2.75, 3.05) is 0 Å². The monoisotopic (exact) mass is 434 g/mol. The lowest BCUT2D eigenvalue weighted by atomic mass is 9.71. The molecule has 3 heteroatoms. The third-order valence-electron chi connectivity index (χ3n) is 7.75. The molecule has 0 bridgehead atoms. The molecule has 3 heterocycles. The Hall–Kier alpha value is -3.98. The van der Waals surface area contributed by atoms with E-state index in [4.69, 9.17) is 4.42 Å². The SMILES string of the molecule is C[B]c1cccc2oc3ccc(C4C=c5c6ccccc6n6c5c(c5ccccc56)C4)cc3c12. The highest BCUT2D eigenvalue weighted by atomic mass is 16.3. The number of hydrogen-bond donors (Lipinski definition) is 0. The molecule has 159 valence electrons. The molecule has 0 spiro atoms. The highest BCUT2D eigenvalue weighted by molar-refractivity contribution is 6.56. The minimum atomic E-state index is 0.319. The van der Waals surface area contributed by atoms with Crippen LogP contribution in [0.3, 0.4) is 0 Å². The molecular formula is C31H21BNO. The molecule has 0 aliphatic heterocycles. The van der Waals surface area contributed by atoms with Crippen molar-refractivity contribution in [3.63, 3.8) is 0 Å². The lowest BCUT2D eigenvalue weighted by Gasteiger charge is -2.17. The van der Waals surface area contributed by atoms with Crippen molar-refractivity contribution in [3.05, 3.63) is 101 Å². The second-order valence-electron chi connectivity index (χ2n) is 9.45. The van der Waals surface area contributed by atoms with Crippen LogP contribution in [0.5, 0.6) is 0 Å². The second kappa shape index (κ2) is 6.54. The van der Waals surface area contributed by atoms with Crippen molar-refractivity contribution < 1.29 is 4.42 Å². The van der Waals surface area contributed by atoms with Gasteiger partial charge < -0.3 is 8.82 Å². The summed E-state index contributed by atoms with van der Waals surface area (Å²) in [5, 5.41) is 6.51. The summed E-state index contributed by atoms with van der Waals surface area (Å²) in [5.74, 6) is 0.319. The predicted octanol–water partition coefficient (Wildman–Crippen LogP) is 6.36. The summed E-state index contributed by atoms with van der Waals surface area (Å²) in [4.78, 5) is 0. The van der Waals surface area contributed by atoms with Crippen LogP contribution in [-0.2, 0) is 6.42 Å². The molecule has 2 nitrogen and oxygen atoms in total. The van der Waals surface area contributed by atoms with E-state index in [1.165, 1.54) is 59.9 Å². The predicted molar refractivity (Wildman–Crippen MR) is 144 cm³/mol. The molecule has 8 rings (SSSR count). The molecule has 0 fully saturated rings. The maximum absolute atomic E-state index is 6.20. The van der Waals surface area contributed by atoms with Crippen LogP contribution in [0.1, 0.15) is 17.0 Å².